The van der Waals surface area contributed by atoms with Gasteiger partial charge in [-0.15, -0.1) is 12.4 Å². The van der Waals surface area contributed by atoms with Gasteiger partial charge in [0.05, 0.1) is 5.75 Å². The smallest absolute Gasteiger partial charge is 0.345 e. The fraction of sp³-hybridized carbons (Fsp3) is 0.567. The van der Waals surface area contributed by atoms with Crippen LogP contribution in [0.1, 0.15) is 51.7 Å². The highest BCUT2D eigenvalue weighted by atomic mass is 35.5. The number of sulfonamides is 1. The number of hydrogen-bond acceptors (Lipinski definition) is 6. The van der Waals surface area contributed by atoms with E-state index in [-0.39, 0.29) is 30.0 Å². The van der Waals surface area contributed by atoms with Crippen LogP contribution in [0.4, 0.5) is 0 Å². The first kappa shape index (κ1) is 32.2. The van der Waals surface area contributed by atoms with E-state index in [1.165, 1.54) is 0 Å². The zero-order chi connectivity index (χ0) is 28.2. The Labute approximate surface area is 244 Å². The van der Waals surface area contributed by atoms with Crippen LogP contribution in [0.15, 0.2) is 48.5 Å². The quantitative estimate of drug-likeness (QED) is 0.310. The highest BCUT2D eigenvalue weighted by Gasteiger charge is 2.57. The van der Waals surface area contributed by atoms with Crippen LogP contribution in [0.2, 0.25) is 0 Å². The number of nitrogens with one attached hydrogen (secondary N) is 1. The van der Waals surface area contributed by atoms with Crippen molar-refractivity contribution in [1.29, 1.82) is 0 Å². The largest absolute Gasteiger partial charge is 0.492 e. The SMILES string of the molecule is CCCCS(=O)(=O)N1C[C@@H]2C(NCCOc3ccc(C[C@H](Oc4ccc(C(C)(C)C)cc4)C(=O)O)cc3)[C@@H]2C1.Cl. The molecule has 1 heterocycles. The fourth-order valence-corrected chi connectivity index (χ4v) is 6.89. The van der Waals surface area contributed by atoms with Crippen molar-refractivity contribution in [2.45, 2.75) is 64.5 Å². The molecule has 222 valence electrons. The van der Waals surface area contributed by atoms with Crippen LogP contribution in [0.25, 0.3) is 0 Å². The maximum absolute atomic E-state index is 12.4. The third kappa shape index (κ3) is 8.35. The van der Waals surface area contributed by atoms with Crippen LogP contribution >= 0.6 is 12.4 Å². The summed E-state index contributed by atoms with van der Waals surface area (Å²) in [6.45, 7) is 10.8. The summed E-state index contributed by atoms with van der Waals surface area (Å²) in [5, 5.41) is 13.2. The first-order valence-electron chi connectivity index (χ1n) is 13.9. The normalized spacial score (nSPS) is 21.2. The topological polar surface area (TPSA) is 105 Å². The number of halogens is 1. The number of piperidine rings is 1. The van der Waals surface area contributed by atoms with Crippen molar-refractivity contribution in [2.24, 2.45) is 11.8 Å². The van der Waals surface area contributed by atoms with E-state index in [9.17, 15) is 18.3 Å². The van der Waals surface area contributed by atoms with Crippen LogP contribution in [-0.4, -0.2) is 67.9 Å². The van der Waals surface area contributed by atoms with Crippen molar-refractivity contribution in [1.82, 2.24) is 9.62 Å². The highest BCUT2D eigenvalue weighted by Crippen LogP contribution is 2.46. The van der Waals surface area contributed by atoms with Gasteiger partial charge < -0.3 is 19.9 Å². The monoisotopic (exact) mass is 594 g/mol. The molecule has 0 aromatic heterocycles. The maximum atomic E-state index is 12.4. The van der Waals surface area contributed by atoms with Crippen LogP contribution in [0.5, 0.6) is 11.5 Å². The molecule has 0 bridgehead atoms. The summed E-state index contributed by atoms with van der Waals surface area (Å²) in [4.78, 5) is 11.8. The van der Waals surface area contributed by atoms with Crippen LogP contribution in [0.3, 0.4) is 0 Å². The number of carboxylic acid groups (broad SMARTS) is 1. The summed E-state index contributed by atoms with van der Waals surface area (Å²) in [6.07, 6.45) is 0.858. The minimum absolute atomic E-state index is 0. The Morgan fingerprint density at radius 3 is 2.20 bits per heavy atom. The summed E-state index contributed by atoms with van der Waals surface area (Å²) in [5.74, 6) is 1.31. The second-order valence-corrected chi connectivity index (χ2v) is 13.8. The van der Waals surface area contributed by atoms with Gasteiger partial charge in [0, 0.05) is 32.1 Å². The average Bonchev–Trinajstić information content (AvgIpc) is 3.32. The van der Waals surface area contributed by atoms with Crippen LogP contribution in [0, 0.1) is 11.8 Å². The Morgan fingerprint density at radius 1 is 1.05 bits per heavy atom. The van der Waals surface area contributed by atoms with Crippen molar-refractivity contribution in [3.63, 3.8) is 0 Å². The lowest BCUT2D eigenvalue weighted by atomic mass is 9.87. The molecule has 0 spiro atoms. The number of benzene rings is 2. The molecule has 4 rings (SSSR count). The van der Waals surface area contributed by atoms with E-state index in [1.54, 1.807) is 4.31 Å². The summed E-state index contributed by atoms with van der Waals surface area (Å²) < 4.78 is 38.0. The summed E-state index contributed by atoms with van der Waals surface area (Å²) >= 11 is 0. The maximum Gasteiger partial charge on any atom is 0.345 e. The average molecular weight is 595 g/mol. The Balaban J connectivity index is 0.00000441. The van der Waals surface area contributed by atoms with Gasteiger partial charge in [-0.2, -0.15) is 0 Å². The molecule has 8 nitrogen and oxygen atoms in total. The van der Waals surface area contributed by atoms with Crippen molar-refractivity contribution < 1.29 is 27.8 Å². The Hall–Kier alpha value is -2.33. The van der Waals surface area contributed by atoms with Gasteiger partial charge in [0.1, 0.15) is 18.1 Å². The zero-order valence-electron chi connectivity index (χ0n) is 23.8. The van der Waals surface area contributed by atoms with Crippen molar-refractivity contribution >= 4 is 28.4 Å². The third-order valence-electron chi connectivity index (χ3n) is 7.68. The van der Waals surface area contributed by atoms with Gasteiger partial charge in [-0.3, -0.25) is 0 Å². The lowest BCUT2D eigenvalue weighted by Gasteiger charge is -2.20. The number of fused-ring (bicyclic) bond motifs is 1. The number of hydrogen-bond donors (Lipinski definition) is 2. The van der Waals surface area contributed by atoms with Gasteiger partial charge >= 0.3 is 5.97 Å². The molecule has 2 aromatic rings. The highest BCUT2D eigenvalue weighted by molar-refractivity contribution is 7.89. The minimum Gasteiger partial charge on any atom is -0.492 e. The molecule has 1 aliphatic carbocycles. The first-order valence-corrected chi connectivity index (χ1v) is 15.5. The number of nitrogens with zero attached hydrogens (tertiary/aromatic N) is 1. The molecule has 1 saturated carbocycles. The second kappa shape index (κ2) is 13.6. The van der Waals surface area contributed by atoms with Gasteiger partial charge in [0.2, 0.25) is 10.0 Å². The molecule has 10 heteroatoms. The zero-order valence-corrected chi connectivity index (χ0v) is 25.5. The van der Waals surface area contributed by atoms with Gasteiger partial charge in [-0.05, 0) is 59.1 Å². The number of rotatable bonds is 14. The summed E-state index contributed by atoms with van der Waals surface area (Å²) in [7, 11) is -3.11. The lowest BCUT2D eigenvalue weighted by molar-refractivity contribution is -0.145. The van der Waals surface area contributed by atoms with E-state index in [0.29, 0.717) is 56.3 Å². The third-order valence-corrected chi connectivity index (χ3v) is 9.57. The predicted molar refractivity (Wildman–Crippen MR) is 159 cm³/mol. The van der Waals surface area contributed by atoms with Gasteiger partial charge in [0.25, 0.3) is 0 Å². The number of carbonyl (C=O) groups is 1. The van der Waals surface area contributed by atoms with E-state index in [2.05, 4.69) is 26.1 Å². The van der Waals surface area contributed by atoms with E-state index in [4.69, 9.17) is 9.47 Å². The molecule has 1 aliphatic heterocycles. The van der Waals surface area contributed by atoms with Gasteiger partial charge in [-0.25, -0.2) is 17.5 Å². The van der Waals surface area contributed by atoms with E-state index < -0.39 is 22.1 Å². The first-order chi connectivity index (χ1) is 18.5. The number of carboxylic acids is 1. The molecule has 2 fully saturated rings. The molecular weight excluding hydrogens is 552 g/mol. The number of ether oxygens (including phenoxy) is 2. The number of aliphatic carboxylic acids is 1. The van der Waals surface area contributed by atoms with Crippen molar-refractivity contribution in [3.8, 4) is 11.5 Å². The van der Waals surface area contributed by atoms with E-state index >= 15 is 0 Å². The molecule has 2 N–H and O–H groups in total. The molecule has 4 atom stereocenters. The molecule has 0 amide bonds. The standard InChI is InChI=1S/C30H42N2O6S.ClH/c1-5-6-17-39(35,36)32-19-25-26(20-32)28(25)31-15-16-37-23-11-7-21(8-12-23)18-27(29(33)34)38-24-13-9-22(10-14-24)30(2,3)4;/h7-14,25-28,31H,5-6,15-20H2,1-4H3,(H,33,34);1H/t25-,26+,27-,28?;/m0./s1. The molecule has 0 radical (unpaired) electrons. The molecule has 1 unspecified atom stereocenters. The fourth-order valence-electron chi connectivity index (χ4n) is 5.18. The Bertz CT molecular complexity index is 1200. The Kier molecular flexibility index (Phi) is 10.9. The second-order valence-electron chi connectivity index (χ2n) is 11.7. The molecule has 40 heavy (non-hydrogen) atoms. The predicted octanol–water partition coefficient (Wildman–Crippen LogP) is 4.51. The minimum atomic E-state index is -3.11. The molecular formula is C30H43ClN2O6S. The lowest BCUT2D eigenvalue weighted by Crippen LogP contribution is -2.37. The van der Waals surface area contributed by atoms with Crippen LogP contribution in [-0.2, 0) is 26.7 Å². The molecule has 2 aromatic carbocycles. The van der Waals surface area contributed by atoms with Crippen LogP contribution < -0.4 is 14.8 Å². The van der Waals surface area contributed by atoms with Crippen molar-refractivity contribution in [3.05, 3.63) is 59.7 Å². The van der Waals surface area contributed by atoms with E-state index in [1.807, 2.05) is 55.5 Å². The Morgan fingerprint density at radius 2 is 1.65 bits per heavy atom. The van der Waals surface area contributed by atoms with Gasteiger partial charge in [-0.1, -0.05) is 58.4 Å². The molecule has 1 saturated heterocycles. The number of unbranched alkanes of at least 4 members (excludes halogenated alkanes) is 1. The summed E-state index contributed by atoms with van der Waals surface area (Å²) in [6, 6.07) is 15.4. The molecule has 2 aliphatic rings. The summed E-state index contributed by atoms with van der Waals surface area (Å²) in [5.41, 5.74) is 2.03. The van der Waals surface area contributed by atoms with E-state index in [0.717, 1.165) is 23.3 Å². The van der Waals surface area contributed by atoms with Gasteiger partial charge in [0.15, 0.2) is 6.10 Å². The van der Waals surface area contributed by atoms with Crippen molar-refractivity contribution in [2.75, 3.05) is 32.0 Å².